The van der Waals surface area contributed by atoms with E-state index in [-0.39, 0.29) is 11.3 Å². The number of para-hydroxylation sites is 1. The van der Waals surface area contributed by atoms with Crippen LogP contribution in [0.25, 0.3) is 0 Å². The van der Waals surface area contributed by atoms with E-state index in [0.717, 1.165) is 6.21 Å². The zero-order valence-corrected chi connectivity index (χ0v) is 5.60. The molecule has 4 heteroatoms. The molecule has 1 aromatic rings. The number of nitrogens with zero attached hydrogens (tertiary/aromatic N) is 2. The van der Waals surface area contributed by atoms with Crippen LogP contribution in [0.15, 0.2) is 24.3 Å². The Kier molecular flexibility index (Phi) is 1.96. The van der Waals surface area contributed by atoms with Crippen molar-refractivity contribution in [3.8, 4) is 0 Å². The molecule has 0 aliphatic carbocycles. The lowest BCUT2D eigenvalue weighted by Gasteiger charge is -1.92. The first-order valence-electron chi connectivity index (χ1n) is 2.96. The SMILES string of the molecule is [N]=Cc1ccccc1[N+](=O)[O-]. The van der Waals surface area contributed by atoms with Gasteiger partial charge in [0.25, 0.3) is 5.69 Å². The maximum Gasteiger partial charge on any atom is 0.278 e. The van der Waals surface area contributed by atoms with E-state index in [2.05, 4.69) is 0 Å². The zero-order chi connectivity index (χ0) is 8.27. The molecule has 4 nitrogen and oxygen atoms in total. The van der Waals surface area contributed by atoms with Crippen LogP contribution in [0.3, 0.4) is 0 Å². The lowest BCUT2D eigenvalue weighted by molar-refractivity contribution is -0.385. The molecule has 0 atom stereocenters. The molecule has 0 N–H and O–H groups in total. The van der Waals surface area contributed by atoms with Gasteiger partial charge in [0.1, 0.15) is 0 Å². The maximum atomic E-state index is 10.3. The van der Waals surface area contributed by atoms with Gasteiger partial charge in [-0.25, -0.2) is 0 Å². The van der Waals surface area contributed by atoms with Crippen LogP contribution in [0, 0.1) is 10.1 Å². The molecule has 0 aliphatic rings. The van der Waals surface area contributed by atoms with Gasteiger partial charge < -0.3 is 0 Å². The Hall–Kier alpha value is -1.71. The summed E-state index contributed by atoms with van der Waals surface area (Å²) < 4.78 is 0. The second kappa shape index (κ2) is 2.92. The number of benzene rings is 1. The Bertz CT molecular complexity index is 296. The van der Waals surface area contributed by atoms with Gasteiger partial charge in [-0.3, -0.25) is 10.1 Å². The summed E-state index contributed by atoms with van der Waals surface area (Å²) in [5, 5.41) is 18.8. The third-order valence-corrected chi connectivity index (χ3v) is 1.27. The molecule has 0 bridgehead atoms. The number of hydrogen-bond acceptors (Lipinski definition) is 2. The molecule has 1 radical (unpaired) electrons. The smallest absolute Gasteiger partial charge is 0.258 e. The lowest BCUT2D eigenvalue weighted by atomic mass is 10.2. The Morgan fingerprint density at radius 2 is 2.09 bits per heavy atom. The molecule has 0 saturated heterocycles. The summed E-state index contributed by atoms with van der Waals surface area (Å²) in [6.07, 6.45) is 0.720. The van der Waals surface area contributed by atoms with Crippen LogP contribution in [0.5, 0.6) is 0 Å². The first-order valence-corrected chi connectivity index (χ1v) is 2.96. The van der Waals surface area contributed by atoms with Gasteiger partial charge in [0.05, 0.1) is 16.7 Å². The van der Waals surface area contributed by atoms with E-state index in [4.69, 9.17) is 5.41 Å². The van der Waals surface area contributed by atoms with Crippen molar-refractivity contribution >= 4 is 11.9 Å². The Morgan fingerprint density at radius 1 is 1.45 bits per heavy atom. The molecular formula is C7H5N2O2. The monoisotopic (exact) mass is 149 g/mol. The molecule has 0 heterocycles. The molecule has 0 fully saturated rings. The van der Waals surface area contributed by atoms with Crippen molar-refractivity contribution in [3.05, 3.63) is 39.9 Å². The molecule has 0 amide bonds. The second-order valence-electron chi connectivity index (χ2n) is 1.95. The van der Waals surface area contributed by atoms with Crippen molar-refractivity contribution in [3.63, 3.8) is 0 Å². The average Bonchev–Trinajstić information content (AvgIpc) is 2.04. The molecule has 11 heavy (non-hydrogen) atoms. The highest BCUT2D eigenvalue weighted by molar-refractivity contribution is 5.83. The summed E-state index contributed by atoms with van der Waals surface area (Å²) in [6.45, 7) is 0. The Labute approximate surface area is 63.1 Å². The van der Waals surface area contributed by atoms with Crippen LogP contribution in [-0.4, -0.2) is 11.1 Å². The molecular weight excluding hydrogens is 144 g/mol. The van der Waals surface area contributed by atoms with Gasteiger partial charge in [-0.1, -0.05) is 12.1 Å². The van der Waals surface area contributed by atoms with Crippen LogP contribution < -0.4 is 5.41 Å². The van der Waals surface area contributed by atoms with Gasteiger partial charge >= 0.3 is 0 Å². The number of nitro groups is 1. The maximum absolute atomic E-state index is 10.3. The van der Waals surface area contributed by atoms with Gasteiger partial charge in [0, 0.05) is 6.07 Å². The largest absolute Gasteiger partial charge is 0.278 e. The van der Waals surface area contributed by atoms with Crippen LogP contribution in [0.2, 0.25) is 0 Å². The van der Waals surface area contributed by atoms with Gasteiger partial charge in [-0.2, -0.15) is 5.41 Å². The second-order valence-corrected chi connectivity index (χ2v) is 1.95. The topological polar surface area (TPSA) is 65.4 Å². The van der Waals surface area contributed by atoms with E-state index in [0.29, 0.717) is 0 Å². The van der Waals surface area contributed by atoms with Gasteiger partial charge in [0.2, 0.25) is 0 Å². The summed E-state index contributed by atoms with van der Waals surface area (Å²) in [6, 6.07) is 5.97. The molecule has 0 aromatic heterocycles. The first kappa shape index (κ1) is 7.40. The van der Waals surface area contributed by atoms with E-state index in [1.54, 1.807) is 12.1 Å². The fourth-order valence-corrected chi connectivity index (χ4v) is 0.763. The minimum Gasteiger partial charge on any atom is -0.258 e. The molecule has 55 valence electrons. The van der Waals surface area contributed by atoms with Crippen molar-refractivity contribution < 1.29 is 4.92 Å². The summed E-state index contributed by atoms with van der Waals surface area (Å²) in [5.41, 5.74) is 0.132. The minimum atomic E-state index is -0.540. The Morgan fingerprint density at radius 3 is 2.55 bits per heavy atom. The highest BCUT2D eigenvalue weighted by atomic mass is 16.6. The average molecular weight is 149 g/mol. The quantitative estimate of drug-likeness (QED) is 0.355. The van der Waals surface area contributed by atoms with E-state index >= 15 is 0 Å². The summed E-state index contributed by atoms with van der Waals surface area (Å²) in [5.74, 6) is 0. The molecule has 0 aliphatic heterocycles. The summed E-state index contributed by atoms with van der Waals surface area (Å²) in [4.78, 5) is 9.72. The number of rotatable bonds is 2. The van der Waals surface area contributed by atoms with Crippen molar-refractivity contribution in [2.45, 2.75) is 0 Å². The van der Waals surface area contributed by atoms with Crippen LogP contribution in [-0.2, 0) is 0 Å². The highest BCUT2D eigenvalue weighted by Gasteiger charge is 2.08. The third-order valence-electron chi connectivity index (χ3n) is 1.27. The number of nitro benzene ring substituents is 1. The van der Waals surface area contributed by atoms with Crippen molar-refractivity contribution in [1.29, 1.82) is 0 Å². The van der Waals surface area contributed by atoms with E-state index in [1.807, 2.05) is 0 Å². The zero-order valence-electron chi connectivity index (χ0n) is 5.60. The molecule has 0 spiro atoms. The molecule has 0 saturated carbocycles. The highest BCUT2D eigenvalue weighted by Crippen LogP contribution is 2.14. The molecule has 1 aromatic carbocycles. The van der Waals surface area contributed by atoms with E-state index in [1.165, 1.54) is 12.1 Å². The normalized spacial score (nSPS) is 9.09. The van der Waals surface area contributed by atoms with Gasteiger partial charge in [-0.15, -0.1) is 0 Å². The minimum absolute atomic E-state index is 0.0880. The lowest BCUT2D eigenvalue weighted by Crippen LogP contribution is -1.93. The predicted octanol–water partition coefficient (Wildman–Crippen LogP) is 0.814. The van der Waals surface area contributed by atoms with Gasteiger partial charge in [0.15, 0.2) is 0 Å². The van der Waals surface area contributed by atoms with Gasteiger partial charge in [-0.05, 0) is 6.07 Å². The predicted molar refractivity (Wildman–Crippen MR) is 40.4 cm³/mol. The summed E-state index contributed by atoms with van der Waals surface area (Å²) >= 11 is 0. The van der Waals surface area contributed by atoms with Crippen LogP contribution >= 0.6 is 0 Å². The van der Waals surface area contributed by atoms with E-state index in [9.17, 15) is 10.1 Å². The van der Waals surface area contributed by atoms with Crippen molar-refractivity contribution in [2.75, 3.05) is 0 Å². The summed E-state index contributed by atoms with van der Waals surface area (Å²) in [7, 11) is 0. The van der Waals surface area contributed by atoms with Crippen molar-refractivity contribution in [1.82, 2.24) is 5.41 Å². The third kappa shape index (κ3) is 1.40. The fourth-order valence-electron chi connectivity index (χ4n) is 0.763. The Balaban J connectivity index is 3.22. The first-order chi connectivity index (χ1) is 5.25. The molecule has 0 unspecified atom stereocenters. The van der Waals surface area contributed by atoms with Crippen LogP contribution in [0.4, 0.5) is 5.69 Å². The molecule has 1 rings (SSSR count). The van der Waals surface area contributed by atoms with Crippen molar-refractivity contribution in [2.24, 2.45) is 0 Å². The van der Waals surface area contributed by atoms with E-state index < -0.39 is 4.92 Å². The number of hydrogen-bond donors (Lipinski definition) is 0. The van der Waals surface area contributed by atoms with Crippen LogP contribution in [0.1, 0.15) is 5.56 Å². The fraction of sp³-hybridized carbons (Fsp3) is 0. The standard InChI is InChI=1S/C7H5N2O2/c8-5-6-3-1-2-4-7(6)9(10)11/h1-5H.